The lowest BCUT2D eigenvalue weighted by molar-refractivity contribution is 0.304. The van der Waals surface area contributed by atoms with Crippen LogP contribution in [0.2, 0.25) is 5.02 Å². The third kappa shape index (κ3) is 3.09. The minimum atomic E-state index is 0.339. The average molecular weight is 285 g/mol. The number of hydrogen-bond acceptors (Lipinski definition) is 5. The Bertz CT molecular complexity index is 429. The minimum Gasteiger partial charge on any atom is -0.467 e. The van der Waals surface area contributed by atoms with Crippen molar-refractivity contribution in [3.05, 3.63) is 11.2 Å². The first kappa shape index (κ1) is 14.3. The van der Waals surface area contributed by atoms with E-state index in [2.05, 4.69) is 14.9 Å². The molecule has 0 spiro atoms. The fourth-order valence-electron chi connectivity index (χ4n) is 2.82. The van der Waals surface area contributed by atoms with Crippen LogP contribution >= 0.6 is 11.6 Å². The summed E-state index contributed by atoms with van der Waals surface area (Å²) in [4.78, 5) is 10.5. The zero-order valence-electron chi connectivity index (χ0n) is 11.5. The van der Waals surface area contributed by atoms with E-state index in [0.717, 1.165) is 12.2 Å². The fourth-order valence-corrected chi connectivity index (χ4v) is 3.04. The van der Waals surface area contributed by atoms with Crippen molar-refractivity contribution in [2.24, 2.45) is 11.7 Å². The van der Waals surface area contributed by atoms with E-state index in [4.69, 9.17) is 22.1 Å². The van der Waals surface area contributed by atoms with E-state index in [0.29, 0.717) is 29.5 Å². The highest BCUT2D eigenvalue weighted by Gasteiger charge is 2.29. The second-order valence-electron chi connectivity index (χ2n) is 4.99. The smallest absolute Gasteiger partial charge is 0.318 e. The van der Waals surface area contributed by atoms with Crippen molar-refractivity contribution in [3.8, 4) is 6.01 Å². The monoisotopic (exact) mass is 284 g/mol. The first-order valence-corrected chi connectivity index (χ1v) is 7.04. The zero-order chi connectivity index (χ0) is 13.8. The second kappa shape index (κ2) is 6.39. The summed E-state index contributed by atoms with van der Waals surface area (Å²) in [6.07, 6.45) is 6.37. The summed E-state index contributed by atoms with van der Waals surface area (Å²) >= 11 is 6.20. The lowest BCUT2D eigenvalue weighted by Crippen LogP contribution is -2.43. The average Bonchev–Trinajstić information content (AvgIpc) is 2.47. The van der Waals surface area contributed by atoms with Crippen LogP contribution in [0, 0.1) is 5.92 Å². The Kier molecular flexibility index (Phi) is 4.82. The van der Waals surface area contributed by atoms with Crippen molar-refractivity contribution in [3.63, 3.8) is 0 Å². The lowest BCUT2D eigenvalue weighted by Gasteiger charge is -2.38. The Morgan fingerprint density at radius 3 is 2.89 bits per heavy atom. The van der Waals surface area contributed by atoms with Gasteiger partial charge in [0.1, 0.15) is 5.02 Å². The molecule has 0 amide bonds. The van der Waals surface area contributed by atoms with Crippen LogP contribution in [0.4, 0.5) is 5.82 Å². The number of nitrogens with zero attached hydrogens (tertiary/aromatic N) is 3. The maximum absolute atomic E-state index is 6.20. The van der Waals surface area contributed by atoms with Gasteiger partial charge in [-0.3, -0.25) is 0 Å². The predicted octanol–water partition coefficient (Wildman–Crippen LogP) is 2.09. The highest BCUT2D eigenvalue weighted by atomic mass is 35.5. The molecule has 0 aliphatic heterocycles. The first-order valence-electron chi connectivity index (χ1n) is 6.66. The minimum absolute atomic E-state index is 0.339. The van der Waals surface area contributed by atoms with Gasteiger partial charge in [0.05, 0.1) is 13.3 Å². The number of nitrogens with two attached hydrogens (primary N) is 1. The number of aromatic nitrogens is 2. The van der Waals surface area contributed by atoms with Crippen molar-refractivity contribution in [2.75, 3.05) is 25.6 Å². The standard InChI is InChI=1S/C13H21ClN4O/c1-18(11-6-4-3-5-9(11)7-15)12-10(14)8-16-13(17-12)19-2/h8-9,11H,3-7,15H2,1-2H3. The van der Waals surface area contributed by atoms with E-state index in [1.54, 1.807) is 13.3 Å². The fraction of sp³-hybridized carbons (Fsp3) is 0.692. The van der Waals surface area contributed by atoms with E-state index in [9.17, 15) is 0 Å². The number of rotatable bonds is 4. The zero-order valence-corrected chi connectivity index (χ0v) is 12.2. The van der Waals surface area contributed by atoms with Crippen molar-refractivity contribution >= 4 is 17.4 Å². The Morgan fingerprint density at radius 1 is 1.47 bits per heavy atom. The summed E-state index contributed by atoms with van der Waals surface area (Å²) in [5.74, 6) is 1.22. The van der Waals surface area contributed by atoms with E-state index in [-0.39, 0.29) is 0 Å². The molecule has 1 fully saturated rings. The summed E-state index contributed by atoms with van der Waals surface area (Å²) in [6.45, 7) is 0.703. The summed E-state index contributed by atoms with van der Waals surface area (Å²) in [6, 6.07) is 0.724. The molecule has 2 unspecified atom stereocenters. The van der Waals surface area contributed by atoms with Crippen LogP contribution in [0.25, 0.3) is 0 Å². The molecule has 0 saturated heterocycles. The van der Waals surface area contributed by atoms with Crippen molar-refractivity contribution < 1.29 is 4.74 Å². The van der Waals surface area contributed by atoms with Gasteiger partial charge in [0.25, 0.3) is 0 Å². The third-order valence-corrected chi connectivity index (χ3v) is 4.16. The van der Waals surface area contributed by atoms with Crippen LogP contribution in [0.15, 0.2) is 6.20 Å². The Balaban J connectivity index is 2.24. The second-order valence-corrected chi connectivity index (χ2v) is 5.39. The summed E-state index contributed by atoms with van der Waals surface area (Å²) in [5.41, 5.74) is 5.89. The van der Waals surface area contributed by atoms with E-state index in [1.807, 2.05) is 7.05 Å². The molecule has 5 nitrogen and oxygen atoms in total. The van der Waals surface area contributed by atoms with Crippen LogP contribution in [0.5, 0.6) is 6.01 Å². The Labute approximate surface area is 119 Å². The summed E-state index contributed by atoms with van der Waals surface area (Å²) in [5, 5.41) is 0.546. The normalized spacial score (nSPS) is 23.2. The van der Waals surface area contributed by atoms with Gasteiger partial charge >= 0.3 is 6.01 Å². The number of anilines is 1. The molecule has 19 heavy (non-hydrogen) atoms. The van der Waals surface area contributed by atoms with E-state index >= 15 is 0 Å². The summed E-state index contributed by atoms with van der Waals surface area (Å²) < 4.78 is 5.07. The number of methoxy groups -OCH3 is 1. The van der Waals surface area contributed by atoms with Gasteiger partial charge in [-0.05, 0) is 25.3 Å². The topological polar surface area (TPSA) is 64.3 Å². The molecule has 0 aromatic carbocycles. The molecule has 1 aromatic heterocycles. The van der Waals surface area contributed by atoms with Gasteiger partial charge in [-0.1, -0.05) is 24.4 Å². The van der Waals surface area contributed by atoms with Crippen LogP contribution in [0.1, 0.15) is 25.7 Å². The largest absolute Gasteiger partial charge is 0.467 e. The molecule has 1 aliphatic carbocycles. The van der Waals surface area contributed by atoms with Crippen LogP contribution in [0.3, 0.4) is 0 Å². The van der Waals surface area contributed by atoms with Gasteiger partial charge in [-0.25, -0.2) is 4.98 Å². The van der Waals surface area contributed by atoms with Gasteiger partial charge in [-0.2, -0.15) is 4.98 Å². The SMILES string of the molecule is COc1ncc(Cl)c(N(C)C2CCCCC2CN)n1. The third-order valence-electron chi connectivity index (χ3n) is 3.89. The van der Waals surface area contributed by atoms with Crippen molar-refractivity contribution in [1.29, 1.82) is 0 Å². The van der Waals surface area contributed by atoms with Gasteiger partial charge in [0, 0.05) is 13.1 Å². The molecule has 1 aromatic rings. The Hall–Kier alpha value is -1.07. The molecule has 1 saturated carbocycles. The summed E-state index contributed by atoms with van der Waals surface area (Å²) in [7, 11) is 3.57. The maximum atomic E-state index is 6.20. The number of hydrogen-bond donors (Lipinski definition) is 1. The molecule has 1 heterocycles. The molecule has 2 rings (SSSR count). The predicted molar refractivity (Wildman–Crippen MR) is 76.8 cm³/mol. The molecule has 1 aliphatic rings. The molecule has 106 valence electrons. The van der Waals surface area contributed by atoms with E-state index < -0.39 is 0 Å². The van der Waals surface area contributed by atoms with Crippen LogP contribution in [-0.4, -0.2) is 36.7 Å². The van der Waals surface area contributed by atoms with Gasteiger partial charge < -0.3 is 15.4 Å². The highest BCUT2D eigenvalue weighted by Crippen LogP contribution is 2.32. The van der Waals surface area contributed by atoms with Crippen molar-refractivity contribution in [1.82, 2.24) is 9.97 Å². The molecule has 0 radical (unpaired) electrons. The molecule has 2 N–H and O–H groups in total. The van der Waals surface area contributed by atoms with Crippen LogP contribution in [-0.2, 0) is 0 Å². The molecule has 2 atom stereocenters. The van der Waals surface area contributed by atoms with Crippen molar-refractivity contribution in [2.45, 2.75) is 31.7 Å². The Morgan fingerprint density at radius 2 is 2.21 bits per heavy atom. The quantitative estimate of drug-likeness (QED) is 0.917. The molecule has 6 heteroatoms. The van der Waals surface area contributed by atoms with E-state index in [1.165, 1.54) is 19.3 Å². The number of ether oxygens (including phenoxy) is 1. The first-order chi connectivity index (χ1) is 9.17. The molecular weight excluding hydrogens is 264 g/mol. The maximum Gasteiger partial charge on any atom is 0.318 e. The molecule has 0 bridgehead atoms. The van der Waals surface area contributed by atoms with Crippen LogP contribution < -0.4 is 15.4 Å². The van der Waals surface area contributed by atoms with Gasteiger partial charge in [0.2, 0.25) is 0 Å². The molecular formula is C13H21ClN4O. The lowest BCUT2D eigenvalue weighted by atomic mass is 9.84. The van der Waals surface area contributed by atoms with Gasteiger partial charge in [-0.15, -0.1) is 0 Å². The number of halogens is 1. The van der Waals surface area contributed by atoms with Gasteiger partial charge in [0.15, 0.2) is 5.82 Å². The highest BCUT2D eigenvalue weighted by molar-refractivity contribution is 6.32.